The fourth-order valence-corrected chi connectivity index (χ4v) is 3.37. The van der Waals surface area contributed by atoms with Crippen LogP contribution in [0.15, 0.2) is 66.7 Å². The highest BCUT2D eigenvalue weighted by molar-refractivity contribution is 5.85. The molecule has 2 N–H and O–H groups in total. The van der Waals surface area contributed by atoms with Gasteiger partial charge in [-0.3, -0.25) is 0 Å². The highest BCUT2D eigenvalue weighted by Gasteiger charge is 2.21. The summed E-state index contributed by atoms with van der Waals surface area (Å²) >= 11 is 0. The van der Waals surface area contributed by atoms with Crippen molar-refractivity contribution in [1.29, 1.82) is 0 Å². The molecule has 0 fully saturated rings. The average Bonchev–Trinajstić information content (AvgIpc) is 2.93. The SMILES string of the molecule is NCc1ccccc1-c1cccc2c1Cc1ccccc1-2. The van der Waals surface area contributed by atoms with Crippen LogP contribution in [0, 0.1) is 0 Å². The normalized spacial score (nSPS) is 12.0. The van der Waals surface area contributed by atoms with Crippen LogP contribution in [0.3, 0.4) is 0 Å². The molecule has 4 rings (SSSR count). The van der Waals surface area contributed by atoms with Gasteiger partial charge in [-0.15, -0.1) is 0 Å². The van der Waals surface area contributed by atoms with Gasteiger partial charge in [-0.2, -0.15) is 0 Å². The predicted molar refractivity (Wildman–Crippen MR) is 88.0 cm³/mol. The number of nitrogens with two attached hydrogens (primary N) is 1. The van der Waals surface area contributed by atoms with Gasteiger partial charge >= 0.3 is 0 Å². The zero-order chi connectivity index (χ0) is 14.2. The summed E-state index contributed by atoms with van der Waals surface area (Å²) in [5.41, 5.74) is 15.3. The Kier molecular flexibility index (Phi) is 2.87. The molecular formula is C20H17N. The van der Waals surface area contributed by atoms with Gasteiger partial charge in [-0.05, 0) is 45.4 Å². The molecule has 21 heavy (non-hydrogen) atoms. The van der Waals surface area contributed by atoms with Crippen molar-refractivity contribution in [2.75, 3.05) is 0 Å². The van der Waals surface area contributed by atoms with Gasteiger partial charge < -0.3 is 5.73 Å². The minimum atomic E-state index is 0.576. The zero-order valence-electron chi connectivity index (χ0n) is 11.8. The minimum absolute atomic E-state index is 0.576. The lowest BCUT2D eigenvalue weighted by Crippen LogP contribution is -1.99. The summed E-state index contributed by atoms with van der Waals surface area (Å²) in [7, 11) is 0. The lowest BCUT2D eigenvalue weighted by atomic mass is 9.92. The van der Waals surface area contributed by atoms with Gasteiger partial charge in [0.15, 0.2) is 0 Å². The first-order valence-electron chi connectivity index (χ1n) is 7.37. The Morgan fingerprint density at radius 3 is 2.10 bits per heavy atom. The first-order chi connectivity index (χ1) is 10.4. The van der Waals surface area contributed by atoms with Gasteiger partial charge in [0.2, 0.25) is 0 Å². The molecule has 1 aliphatic carbocycles. The Hall–Kier alpha value is -2.38. The topological polar surface area (TPSA) is 26.0 Å². The van der Waals surface area contributed by atoms with Crippen molar-refractivity contribution in [3.8, 4) is 22.3 Å². The largest absolute Gasteiger partial charge is 0.326 e. The van der Waals surface area contributed by atoms with Gasteiger partial charge in [0, 0.05) is 6.54 Å². The fourth-order valence-electron chi connectivity index (χ4n) is 3.37. The van der Waals surface area contributed by atoms with Crippen molar-refractivity contribution in [2.45, 2.75) is 13.0 Å². The van der Waals surface area contributed by atoms with Crippen LogP contribution in [0.5, 0.6) is 0 Å². The maximum Gasteiger partial charge on any atom is 0.0184 e. The molecule has 102 valence electrons. The van der Waals surface area contributed by atoms with Crippen molar-refractivity contribution in [3.05, 3.63) is 83.4 Å². The second kappa shape index (κ2) is 4.87. The molecule has 1 heteroatoms. The summed E-state index contributed by atoms with van der Waals surface area (Å²) in [6.07, 6.45) is 1.01. The molecule has 0 amide bonds. The van der Waals surface area contributed by atoms with E-state index in [1.165, 1.54) is 38.9 Å². The molecule has 0 saturated heterocycles. The third kappa shape index (κ3) is 1.90. The molecule has 0 aromatic heterocycles. The maximum atomic E-state index is 5.92. The maximum absolute atomic E-state index is 5.92. The lowest BCUT2D eigenvalue weighted by molar-refractivity contribution is 1.07. The lowest BCUT2D eigenvalue weighted by Gasteiger charge is -2.12. The Morgan fingerprint density at radius 2 is 1.29 bits per heavy atom. The predicted octanol–water partition coefficient (Wildman–Crippen LogP) is 4.38. The molecule has 3 aromatic carbocycles. The van der Waals surface area contributed by atoms with Crippen LogP contribution in [0.25, 0.3) is 22.3 Å². The average molecular weight is 271 g/mol. The Labute approximate surface area is 125 Å². The fraction of sp³-hybridized carbons (Fsp3) is 0.100. The highest BCUT2D eigenvalue weighted by atomic mass is 14.5. The number of fused-ring (bicyclic) bond motifs is 3. The Bertz CT molecular complexity index is 818. The number of hydrogen-bond donors (Lipinski definition) is 1. The van der Waals surface area contributed by atoms with Gasteiger partial charge in [-0.1, -0.05) is 66.7 Å². The van der Waals surface area contributed by atoms with Crippen LogP contribution in [-0.4, -0.2) is 0 Å². The summed E-state index contributed by atoms with van der Waals surface area (Å²) in [5.74, 6) is 0. The third-order valence-electron chi connectivity index (χ3n) is 4.38. The van der Waals surface area contributed by atoms with E-state index >= 15 is 0 Å². The van der Waals surface area contributed by atoms with Gasteiger partial charge in [0.25, 0.3) is 0 Å². The van der Waals surface area contributed by atoms with E-state index in [0.29, 0.717) is 6.54 Å². The first kappa shape index (κ1) is 12.4. The van der Waals surface area contributed by atoms with Crippen LogP contribution in [0.2, 0.25) is 0 Å². The van der Waals surface area contributed by atoms with Crippen LogP contribution >= 0.6 is 0 Å². The Morgan fingerprint density at radius 1 is 0.667 bits per heavy atom. The van der Waals surface area contributed by atoms with Crippen LogP contribution < -0.4 is 5.73 Å². The van der Waals surface area contributed by atoms with Crippen LogP contribution in [-0.2, 0) is 13.0 Å². The molecule has 0 unspecified atom stereocenters. The van der Waals surface area contributed by atoms with Gasteiger partial charge in [-0.25, -0.2) is 0 Å². The smallest absolute Gasteiger partial charge is 0.0184 e. The standard InChI is InChI=1S/C20H17N/c21-13-15-7-2-4-9-17(15)19-11-5-10-18-16-8-3-1-6-14(16)12-20(18)19/h1-11H,12-13,21H2. The molecule has 0 aliphatic heterocycles. The molecule has 0 heterocycles. The molecule has 0 saturated carbocycles. The molecule has 0 radical (unpaired) electrons. The molecule has 0 bridgehead atoms. The van der Waals surface area contributed by atoms with Crippen molar-refractivity contribution in [1.82, 2.24) is 0 Å². The summed E-state index contributed by atoms with van der Waals surface area (Å²) in [4.78, 5) is 0. The Balaban J connectivity index is 1.94. The van der Waals surface area contributed by atoms with Gasteiger partial charge in [0.1, 0.15) is 0 Å². The van der Waals surface area contributed by atoms with Crippen molar-refractivity contribution < 1.29 is 0 Å². The van der Waals surface area contributed by atoms with E-state index < -0.39 is 0 Å². The monoisotopic (exact) mass is 271 g/mol. The van der Waals surface area contributed by atoms with E-state index in [0.717, 1.165) is 6.42 Å². The molecule has 1 nitrogen and oxygen atoms in total. The van der Waals surface area contributed by atoms with Crippen molar-refractivity contribution in [3.63, 3.8) is 0 Å². The van der Waals surface area contributed by atoms with Gasteiger partial charge in [0.05, 0.1) is 0 Å². The highest BCUT2D eigenvalue weighted by Crippen LogP contribution is 2.41. The van der Waals surface area contributed by atoms with Crippen molar-refractivity contribution >= 4 is 0 Å². The third-order valence-corrected chi connectivity index (χ3v) is 4.38. The summed E-state index contributed by atoms with van der Waals surface area (Å²) in [6.45, 7) is 0.576. The molecular weight excluding hydrogens is 254 g/mol. The van der Waals surface area contributed by atoms with E-state index in [-0.39, 0.29) is 0 Å². The molecule has 3 aromatic rings. The second-order valence-corrected chi connectivity index (χ2v) is 5.53. The molecule has 1 aliphatic rings. The molecule has 0 atom stereocenters. The van der Waals surface area contributed by atoms with E-state index in [1.54, 1.807) is 0 Å². The first-order valence-corrected chi connectivity index (χ1v) is 7.37. The number of benzene rings is 3. The van der Waals surface area contributed by atoms with E-state index in [9.17, 15) is 0 Å². The van der Waals surface area contributed by atoms with Crippen LogP contribution in [0.1, 0.15) is 16.7 Å². The van der Waals surface area contributed by atoms with E-state index in [2.05, 4.69) is 66.7 Å². The number of hydrogen-bond acceptors (Lipinski definition) is 1. The number of rotatable bonds is 2. The van der Waals surface area contributed by atoms with Crippen molar-refractivity contribution in [2.24, 2.45) is 5.73 Å². The van der Waals surface area contributed by atoms with Crippen LogP contribution in [0.4, 0.5) is 0 Å². The molecule has 0 spiro atoms. The zero-order valence-corrected chi connectivity index (χ0v) is 11.8. The summed E-state index contributed by atoms with van der Waals surface area (Å²) in [6, 6.07) is 23.8. The second-order valence-electron chi connectivity index (χ2n) is 5.53. The summed E-state index contributed by atoms with van der Waals surface area (Å²) < 4.78 is 0. The van der Waals surface area contributed by atoms with E-state index in [4.69, 9.17) is 5.73 Å². The van der Waals surface area contributed by atoms with E-state index in [1.807, 2.05) is 0 Å². The summed E-state index contributed by atoms with van der Waals surface area (Å²) in [5, 5.41) is 0. The minimum Gasteiger partial charge on any atom is -0.326 e. The quantitative estimate of drug-likeness (QED) is 0.575.